The molecule has 1 unspecified atom stereocenters. The van der Waals surface area contributed by atoms with E-state index in [-0.39, 0.29) is 18.9 Å². The number of fused-ring (bicyclic) bond motifs is 1. The fourth-order valence-electron chi connectivity index (χ4n) is 2.52. The van der Waals surface area contributed by atoms with Crippen molar-refractivity contribution in [1.82, 2.24) is 10.2 Å². The monoisotopic (exact) mass is 376 g/mol. The molecule has 0 aliphatic carbocycles. The Morgan fingerprint density at radius 1 is 1.27 bits per heavy atom. The van der Waals surface area contributed by atoms with Gasteiger partial charge in [-0.2, -0.15) is 0 Å². The second kappa shape index (κ2) is 8.19. The Balaban J connectivity index is 1.47. The number of ether oxygens (including phenoxy) is 3. The molecule has 0 saturated heterocycles. The highest BCUT2D eigenvalue weighted by Crippen LogP contribution is 2.34. The Morgan fingerprint density at radius 3 is 2.88 bits per heavy atom. The average molecular weight is 377 g/mol. The molecule has 0 spiro atoms. The van der Waals surface area contributed by atoms with Crippen molar-refractivity contribution < 1.29 is 19.0 Å². The molecule has 2 aromatic carbocycles. The van der Waals surface area contributed by atoms with Crippen LogP contribution in [0.5, 0.6) is 17.2 Å². The number of likely N-dealkylation sites (N-methyl/N-ethyl adjacent to an activating group) is 1. The number of amides is 2. The van der Waals surface area contributed by atoms with Crippen LogP contribution in [0.15, 0.2) is 42.5 Å². The summed E-state index contributed by atoms with van der Waals surface area (Å²) in [6.45, 7) is 2.98. The summed E-state index contributed by atoms with van der Waals surface area (Å²) in [5, 5.41) is 3.58. The van der Waals surface area contributed by atoms with Gasteiger partial charge in [0.2, 0.25) is 6.79 Å². The van der Waals surface area contributed by atoms with E-state index < -0.39 is 0 Å². The number of carbonyl (C=O) groups is 1. The van der Waals surface area contributed by atoms with Gasteiger partial charge in [-0.1, -0.05) is 23.7 Å². The van der Waals surface area contributed by atoms with E-state index in [1.807, 2.05) is 37.3 Å². The quantitative estimate of drug-likeness (QED) is 0.831. The number of urea groups is 1. The fraction of sp³-hybridized carbons (Fsp3) is 0.316. The summed E-state index contributed by atoms with van der Waals surface area (Å²) >= 11 is 5.92. The summed E-state index contributed by atoms with van der Waals surface area (Å²) in [4.78, 5) is 13.9. The second-order valence-electron chi connectivity index (χ2n) is 6.01. The van der Waals surface area contributed by atoms with E-state index >= 15 is 0 Å². The Morgan fingerprint density at radius 2 is 2.08 bits per heavy atom. The van der Waals surface area contributed by atoms with Crippen molar-refractivity contribution in [3.05, 3.63) is 53.1 Å². The van der Waals surface area contributed by atoms with Crippen LogP contribution in [0.2, 0.25) is 5.02 Å². The van der Waals surface area contributed by atoms with Crippen molar-refractivity contribution in [1.29, 1.82) is 0 Å². The van der Waals surface area contributed by atoms with E-state index in [1.165, 1.54) is 0 Å². The van der Waals surface area contributed by atoms with Gasteiger partial charge in [-0.15, -0.1) is 0 Å². The molecule has 2 aromatic rings. The molecule has 1 aliphatic rings. The van der Waals surface area contributed by atoms with Gasteiger partial charge in [-0.3, -0.25) is 0 Å². The van der Waals surface area contributed by atoms with Crippen LogP contribution in [0, 0.1) is 0 Å². The maximum atomic E-state index is 12.3. The highest BCUT2D eigenvalue weighted by atomic mass is 35.5. The van der Waals surface area contributed by atoms with Crippen LogP contribution in [-0.4, -0.2) is 37.9 Å². The molecule has 0 bridgehead atoms. The SMILES string of the molecule is CC(NC(=O)N(C)CCOc1cccc(Cl)c1)c1ccc2c(c1)OCO2. The topological polar surface area (TPSA) is 60.0 Å². The molecule has 1 N–H and O–H groups in total. The molecule has 6 nitrogen and oxygen atoms in total. The summed E-state index contributed by atoms with van der Waals surface area (Å²) in [6, 6.07) is 12.5. The number of carbonyl (C=O) groups excluding carboxylic acids is 1. The van der Waals surface area contributed by atoms with Gasteiger partial charge in [0.05, 0.1) is 12.6 Å². The summed E-state index contributed by atoms with van der Waals surface area (Å²) < 4.78 is 16.3. The third-order valence-corrected chi connectivity index (χ3v) is 4.31. The van der Waals surface area contributed by atoms with E-state index in [0.717, 1.165) is 11.3 Å². The predicted octanol–water partition coefficient (Wildman–Crippen LogP) is 3.85. The van der Waals surface area contributed by atoms with Crippen molar-refractivity contribution >= 4 is 17.6 Å². The first-order valence-corrected chi connectivity index (χ1v) is 8.70. The van der Waals surface area contributed by atoms with Crippen molar-refractivity contribution in [2.24, 2.45) is 0 Å². The first-order valence-electron chi connectivity index (χ1n) is 8.32. The molecule has 0 saturated carbocycles. The van der Waals surface area contributed by atoms with Crippen molar-refractivity contribution in [2.45, 2.75) is 13.0 Å². The second-order valence-corrected chi connectivity index (χ2v) is 6.45. The van der Waals surface area contributed by atoms with Crippen LogP contribution in [-0.2, 0) is 0 Å². The number of rotatable bonds is 6. The number of nitrogens with one attached hydrogen (secondary N) is 1. The van der Waals surface area contributed by atoms with E-state index in [0.29, 0.717) is 29.7 Å². The van der Waals surface area contributed by atoms with Gasteiger partial charge in [0.25, 0.3) is 0 Å². The molecule has 7 heteroatoms. The lowest BCUT2D eigenvalue weighted by Gasteiger charge is -2.22. The lowest BCUT2D eigenvalue weighted by molar-refractivity contribution is 0.174. The lowest BCUT2D eigenvalue weighted by atomic mass is 10.1. The first kappa shape index (κ1) is 18.2. The molecule has 26 heavy (non-hydrogen) atoms. The Kier molecular flexibility index (Phi) is 5.73. The third-order valence-electron chi connectivity index (χ3n) is 4.07. The highest BCUT2D eigenvalue weighted by Gasteiger charge is 2.18. The standard InChI is InChI=1S/C19H21ClN2O4/c1-13(14-6-7-17-18(10-14)26-12-25-17)21-19(23)22(2)8-9-24-16-5-3-4-15(20)11-16/h3-7,10-11,13H,8-9,12H2,1-2H3,(H,21,23). The van der Waals surface area contributed by atoms with Crippen LogP contribution in [0.25, 0.3) is 0 Å². The van der Waals surface area contributed by atoms with Crippen LogP contribution in [0.1, 0.15) is 18.5 Å². The minimum absolute atomic E-state index is 0.159. The smallest absolute Gasteiger partial charge is 0.317 e. The third kappa shape index (κ3) is 4.52. The van der Waals surface area contributed by atoms with E-state index in [2.05, 4.69) is 5.32 Å². The maximum absolute atomic E-state index is 12.3. The van der Waals surface area contributed by atoms with Crippen LogP contribution < -0.4 is 19.5 Å². The van der Waals surface area contributed by atoms with Gasteiger partial charge in [-0.05, 0) is 42.8 Å². The average Bonchev–Trinajstić information content (AvgIpc) is 3.09. The Hall–Kier alpha value is -2.60. The zero-order valence-corrected chi connectivity index (χ0v) is 15.5. The molecular weight excluding hydrogens is 356 g/mol. The van der Waals surface area contributed by atoms with Gasteiger partial charge in [0.15, 0.2) is 11.5 Å². The lowest BCUT2D eigenvalue weighted by Crippen LogP contribution is -2.40. The normalized spacial score (nSPS) is 13.2. The van der Waals surface area contributed by atoms with E-state index in [4.69, 9.17) is 25.8 Å². The van der Waals surface area contributed by atoms with Crippen LogP contribution in [0.4, 0.5) is 4.79 Å². The number of nitrogens with zero attached hydrogens (tertiary/aromatic N) is 1. The summed E-state index contributed by atoms with van der Waals surface area (Å²) in [6.07, 6.45) is 0. The van der Waals surface area contributed by atoms with Crippen molar-refractivity contribution in [2.75, 3.05) is 27.0 Å². The minimum atomic E-state index is -0.176. The van der Waals surface area contributed by atoms with Gasteiger partial charge >= 0.3 is 6.03 Å². The van der Waals surface area contributed by atoms with E-state index in [1.54, 1.807) is 24.1 Å². The molecular formula is C19H21ClN2O4. The molecule has 3 rings (SSSR count). The molecule has 1 atom stereocenters. The first-order chi connectivity index (χ1) is 12.5. The van der Waals surface area contributed by atoms with E-state index in [9.17, 15) is 4.79 Å². The van der Waals surface area contributed by atoms with Crippen molar-refractivity contribution in [3.63, 3.8) is 0 Å². The van der Waals surface area contributed by atoms with Gasteiger partial charge in [0.1, 0.15) is 12.4 Å². The number of hydrogen-bond acceptors (Lipinski definition) is 4. The molecule has 0 fully saturated rings. The fourth-order valence-corrected chi connectivity index (χ4v) is 2.70. The van der Waals surface area contributed by atoms with Crippen molar-refractivity contribution in [3.8, 4) is 17.2 Å². The molecule has 2 amide bonds. The largest absolute Gasteiger partial charge is 0.492 e. The molecule has 0 radical (unpaired) electrons. The summed E-state index contributed by atoms with van der Waals surface area (Å²) in [5.41, 5.74) is 0.950. The highest BCUT2D eigenvalue weighted by molar-refractivity contribution is 6.30. The number of benzene rings is 2. The van der Waals surface area contributed by atoms with Crippen LogP contribution >= 0.6 is 11.6 Å². The molecule has 1 heterocycles. The zero-order chi connectivity index (χ0) is 18.5. The van der Waals surface area contributed by atoms with Gasteiger partial charge in [-0.25, -0.2) is 4.79 Å². The minimum Gasteiger partial charge on any atom is -0.492 e. The number of halogens is 1. The summed E-state index contributed by atoms with van der Waals surface area (Å²) in [5.74, 6) is 2.11. The summed E-state index contributed by atoms with van der Waals surface area (Å²) in [7, 11) is 1.73. The maximum Gasteiger partial charge on any atom is 0.317 e. The Labute approximate surface area is 157 Å². The molecule has 0 aromatic heterocycles. The number of hydrogen-bond donors (Lipinski definition) is 1. The Bertz CT molecular complexity index is 784. The zero-order valence-electron chi connectivity index (χ0n) is 14.7. The van der Waals surface area contributed by atoms with Gasteiger partial charge in [0, 0.05) is 12.1 Å². The molecule has 138 valence electrons. The molecule has 1 aliphatic heterocycles. The van der Waals surface area contributed by atoms with Gasteiger partial charge < -0.3 is 24.4 Å². The van der Waals surface area contributed by atoms with Crippen LogP contribution in [0.3, 0.4) is 0 Å². The predicted molar refractivity (Wildman–Crippen MR) is 99.1 cm³/mol.